The van der Waals surface area contributed by atoms with Gasteiger partial charge in [-0.25, -0.2) is 4.98 Å². The number of nitrogens with one attached hydrogen (secondary N) is 1. The van der Waals surface area contributed by atoms with Crippen molar-refractivity contribution >= 4 is 5.95 Å². The van der Waals surface area contributed by atoms with Crippen molar-refractivity contribution in [1.82, 2.24) is 15.2 Å². The largest absolute Gasteiger partial charge is 0.350 e. The molecule has 4 atom stereocenters. The Hall–Kier alpha value is -1.19. The maximum atomic E-state index is 4.46. The summed E-state index contributed by atoms with van der Waals surface area (Å²) in [4.78, 5) is 4.46. The first-order chi connectivity index (χ1) is 8.63. The number of aryl methyl sites for hydroxylation is 2. The lowest BCUT2D eigenvalue weighted by molar-refractivity contribution is 0.303. The van der Waals surface area contributed by atoms with E-state index in [1.807, 2.05) is 13.8 Å². The molecule has 2 saturated carbocycles. The molecule has 4 unspecified atom stereocenters. The summed E-state index contributed by atoms with van der Waals surface area (Å²) in [5.74, 6) is 3.40. The molecule has 0 radical (unpaired) electrons. The molecule has 1 aromatic heterocycles. The van der Waals surface area contributed by atoms with Gasteiger partial charge in [0, 0.05) is 6.04 Å². The molecule has 4 heteroatoms. The molecule has 2 aliphatic carbocycles. The highest BCUT2D eigenvalue weighted by Gasteiger charge is 2.41. The number of anilines is 1. The van der Waals surface area contributed by atoms with Crippen molar-refractivity contribution in [3.63, 3.8) is 0 Å². The van der Waals surface area contributed by atoms with Crippen molar-refractivity contribution in [1.29, 1.82) is 0 Å². The molecule has 0 amide bonds. The van der Waals surface area contributed by atoms with Crippen molar-refractivity contribution in [3.05, 3.63) is 11.4 Å². The Kier molecular flexibility index (Phi) is 2.96. The van der Waals surface area contributed by atoms with E-state index in [9.17, 15) is 0 Å². The Labute approximate surface area is 109 Å². The van der Waals surface area contributed by atoms with Crippen LogP contribution in [0.2, 0.25) is 0 Å². The normalized spacial score (nSPS) is 31.6. The van der Waals surface area contributed by atoms with Crippen LogP contribution in [0.3, 0.4) is 0 Å². The van der Waals surface area contributed by atoms with Crippen LogP contribution < -0.4 is 5.32 Å². The summed E-state index contributed by atoms with van der Waals surface area (Å²) in [5, 5.41) is 11.7. The fourth-order valence-electron chi connectivity index (χ4n) is 3.73. The second-order valence-electron chi connectivity index (χ2n) is 6.08. The lowest BCUT2D eigenvalue weighted by atomic mass is 9.84. The Morgan fingerprint density at radius 1 is 1.11 bits per heavy atom. The standard InChI is InChI=1S/C14H22N4/c1-8-9(2)17-18-14(15-8)16-10(3)13-7-11-4-5-12(13)6-11/h10-13H,4-7H2,1-3H3,(H,15,16,18). The van der Waals surface area contributed by atoms with Gasteiger partial charge >= 0.3 is 0 Å². The van der Waals surface area contributed by atoms with Crippen molar-refractivity contribution in [2.75, 3.05) is 5.32 Å². The highest BCUT2D eigenvalue weighted by atomic mass is 15.2. The zero-order chi connectivity index (χ0) is 12.7. The molecule has 98 valence electrons. The molecule has 18 heavy (non-hydrogen) atoms. The van der Waals surface area contributed by atoms with Gasteiger partial charge in [-0.2, -0.15) is 5.10 Å². The number of hydrogen-bond donors (Lipinski definition) is 1. The second-order valence-corrected chi connectivity index (χ2v) is 6.08. The smallest absolute Gasteiger partial charge is 0.243 e. The van der Waals surface area contributed by atoms with Gasteiger partial charge in [0.2, 0.25) is 5.95 Å². The lowest BCUT2D eigenvalue weighted by Crippen LogP contribution is -2.30. The van der Waals surface area contributed by atoms with Gasteiger partial charge in [0.25, 0.3) is 0 Å². The van der Waals surface area contributed by atoms with Gasteiger partial charge in [-0.05, 0) is 57.8 Å². The van der Waals surface area contributed by atoms with Crippen LogP contribution in [-0.2, 0) is 0 Å². The third-order valence-corrected chi connectivity index (χ3v) is 4.88. The molecule has 0 saturated heterocycles. The highest BCUT2D eigenvalue weighted by molar-refractivity contribution is 5.26. The summed E-state index contributed by atoms with van der Waals surface area (Å²) < 4.78 is 0. The van der Waals surface area contributed by atoms with Gasteiger partial charge in [-0.1, -0.05) is 6.42 Å². The van der Waals surface area contributed by atoms with Gasteiger partial charge in [-0.3, -0.25) is 0 Å². The molecule has 0 aromatic carbocycles. The minimum absolute atomic E-state index is 0.462. The van der Waals surface area contributed by atoms with Crippen LogP contribution in [0, 0.1) is 31.6 Å². The molecule has 4 nitrogen and oxygen atoms in total. The average Bonchev–Trinajstić information content (AvgIpc) is 2.96. The van der Waals surface area contributed by atoms with Crippen molar-refractivity contribution in [2.45, 2.75) is 52.5 Å². The van der Waals surface area contributed by atoms with E-state index in [0.29, 0.717) is 12.0 Å². The van der Waals surface area contributed by atoms with Gasteiger partial charge in [-0.15, -0.1) is 5.10 Å². The first kappa shape index (κ1) is 11.9. The van der Waals surface area contributed by atoms with E-state index >= 15 is 0 Å². The molecule has 2 bridgehead atoms. The zero-order valence-electron chi connectivity index (χ0n) is 11.5. The van der Waals surface area contributed by atoms with E-state index in [1.165, 1.54) is 25.7 Å². The highest BCUT2D eigenvalue weighted by Crippen LogP contribution is 2.49. The van der Waals surface area contributed by atoms with Crippen LogP contribution in [-0.4, -0.2) is 21.2 Å². The lowest BCUT2D eigenvalue weighted by Gasteiger charge is -2.28. The predicted molar refractivity (Wildman–Crippen MR) is 71.3 cm³/mol. The third kappa shape index (κ3) is 2.08. The maximum Gasteiger partial charge on any atom is 0.243 e. The van der Waals surface area contributed by atoms with Crippen LogP contribution in [0.1, 0.15) is 44.0 Å². The Morgan fingerprint density at radius 3 is 2.56 bits per heavy atom. The van der Waals surface area contributed by atoms with Crippen molar-refractivity contribution in [3.8, 4) is 0 Å². The number of aromatic nitrogens is 3. The monoisotopic (exact) mass is 246 g/mol. The number of rotatable bonds is 3. The second kappa shape index (κ2) is 4.48. The zero-order valence-corrected chi connectivity index (χ0v) is 11.5. The minimum atomic E-state index is 0.462. The number of nitrogens with zero attached hydrogens (tertiary/aromatic N) is 3. The van der Waals surface area contributed by atoms with Crippen molar-refractivity contribution in [2.24, 2.45) is 17.8 Å². The Balaban J connectivity index is 1.67. The van der Waals surface area contributed by atoms with Crippen LogP contribution in [0.15, 0.2) is 0 Å². The SMILES string of the molecule is Cc1nnc(NC(C)C2CC3CCC2C3)nc1C. The summed E-state index contributed by atoms with van der Waals surface area (Å²) in [7, 11) is 0. The molecule has 2 aliphatic rings. The fourth-order valence-corrected chi connectivity index (χ4v) is 3.73. The van der Waals surface area contributed by atoms with Crippen LogP contribution >= 0.6 is 0 Å². The molecule has 0 spiro atoms. The predicted octanol–water partition coefficient (Wildman–Crippen LogP) is 2.73. The minimum Gasteiger partial charge on any atom is -0.350 e. The van der Waals surface area contributed by atoms with Gasteiger partial charge in [0.05, 0.1) is 11.4 Å². The van der Waals surface area contributed by atoms with Crippen molar-refractivity contribution < 1.29 is 0 Å². The topological polar surface area (TPSA) is 50.7 Å². The summed E-state index contributed by atoms with van der Waals surface area (Å²) in [6.07, 6.45) is 5.71. The van der Waals surface area contributed by atoms with Gasteiger partial charge < -0.3 is 5.32 Å². The Bertz CT molecular complexity index is 445. The quantitative estimate of drug-likeness (QED) is 0.891. The first-order valence-corrected chi connectivity index (χ1v) is 7.08. The fraction of sp³-hybridized carbons (Fsp3) is 0.786. The van der Waals surface area contributed by atoms with E-state index in [4.69, 9.17) is 0 Å². The summed E-state index contributed by atoms with van der Waals surface area (Å²) >= 11 is 0. The molecular formula is C14H22N4. The van der Waals surface area contributed by atoms with Gasteiger partial charge in [0.15, 0.2) is 0 Å². The van der Waals surface area contributed by atoms with Gasteiger partial charge in [0.1, 0.15) is 0 Å². The van der Waals surface area contributed by atoms with E-state index < -0.39 is 0 Å². The number of hydrogen-bond acceptors (Lipinski definition) is 4. The van der Waals surface area contributed by atoms with Crippen LogP contribution in [0.25, 0.3) is 0 Å². The molecular weight excluding hydrogens is 224 g/mol. The molecule has 1 aromatic rings. The third-order valence-electron chi connectivity index (χ3n) is 4.88. The molecule has 3 rings (SSSR count). The van der Waals surface area contributed by atoms with Crippen LogP contribution in [0.4, 0.5) is 5.95 Å². The van der Waals surface area contributed by atoms with E-state index in [2.05, 4.69) is 27.4 Å². The first-order valence-electron chi connectivity index (χ1n) is 7.08. The summed E-state index contributed by atoms with van der Waals surface area (Å²) in [5.41, 5.74) is 1.88. The summed E-state index contributed by atoms with van der Waals surface area (Å²) in [6, 6.07) is 0.462. The van der Waals surface area contributed by atoms with E-state index in [1.54, 1.807) is 0 Å². The molecule has 2 fully saturated rings. The molecule has 1 heterocycles. The summed E-state index contributed by atoms with van der Waals surface area (Å²) in [6.45, 7) is 6.19. The Morgan fingerprint density at radius 2 is 1.94 bits per heavy atom. The number of fused-ring (bicyclic) bond motifs is 2. The van der Waals surface area contributed by atoms with Crippen LogP contribution in [0.5, 0.6) is 0 Å². The maximum absolute atomic E-state index is 4.46. The molecule has 1 N–H and O–H groups in total. The molecule has 0 aliphatic heterocycles. The van der Waals surface area contributed by atoms with E-state index in [-0.39, 0.29) is 0 Å². The van der Waals surface area contributed by atoms with E-state index in [0.717, 1.165) is 29.1 Å². The average molecular weight is 246 g/mol.